The molecule has 1 aliphatic rings. The fourth-order valence-corrected chi connectivity index (χ4v) is 2.95. The fraction of sp³-hybridized carbons (Fsp3) is 0.500. The molecular weight excluding hydrogens is 262 g/mol. The summed E-state index contributed by atoms with van der Waals surface area (Å²) in [5, 5.41) is 1.00. The van der Waals surface area contributed by atoms with Crippen LogP contribution in [0.5, 0.6) is 5.75 Å². The van der Waals surface area contributed by atoms with Gasteiger partial charge in [0.05, 0.1) is 12.6 Å². The van der Waals surface area contributed by atoms with Gasteiger partial charge in [0.15, 0.2) is 16.6 Å². The lowest BCUT2D eigenvalue weighted by molar-refractivity contribution is 0.244. The summed E-state index contributed by atoms with van der Waals surface area (Å²) in [4.78, 5) is 6.59. The first-order chi connectivity index (χ1) is 9.15. The number of nitrogen functional groups attached to an aromatic ring is 1. The van der Waals surface area contributed by atoms with Gasteiger partial charge in [0.2, 0.25) is 0 Å². The van der Waals surface area contributed by atoms with Gasteiger partial charge in [-0.1, -0.05) is 0 Å². The number of rotatable bonds is 3. The van der Waals surface area contributed by atoms with Crippen LogP contribution in [-0.2, 0) is 13.1 Å². The van der Waals surface area contributed by atoms with Gasteiger partial charge in [-0.3, -0.25) is 0 Å². The van der Waals surface area contributed by atoms with Crippen LogP contribution >= 0.6 is 11.5 Å². The zero-order valence-corrected chi connectivity index (χ0v) is 11.9. The van der Waals surface area contributed by atoms with Crippen molar-refractivity contribution >= 4 is 22.4 Å². The highest BCUT2D eigenvalue weighted by atomic mass is 32.1. The molecule has 0 fully saturated rings. The molecule has 0 bridgehead atoms. The van der Waals surface area contributed by atoms with Crippen LogP contribution in [-0.4, -0.2) is 26.6 Å². The molecule has 0 spiro atoms. The largest absolute Gasteiger partial charge is 0.484 e. The highest BCUT2D eigenvalue weighted by Crippen LogP contribution is 2.40. The second kappa shape index (κ2) is 4.73. The van der Waals surface area contributed by atoms with E-state index >= 15 is 0 Å². The van der Waals surface area contributed by atoms with Gasteiger partial charge < -0.3 is 19.9 Å². The minimum absolute atomic E-state index is 0.0872. The monoisotopic (exact) mass is 279 g/mol. The first-order valence-corrected chi connectivity index (χ1v) is 7.09. The van der Waals surface area contributed by atoms with Crippen molar-refractivity contribution in [3.05, 3.63) is 18.2 Å². The number of hydrogen-bond acceptors (Lipinski definition) is 6. The van der Waals surface area contributed by atoms with Crippen molar-refractivity contribution in [3.63, 3.8) is 0 Å². The minimum atomic E-state index is 0.0872. The summed E-state index contributed by atoms with van der Waals surface area (Å²) in [7, 11) is 0. The van der Waals surface area contributed by atoms with Crippen molar-refractivity contribution in [1.29, 1.82) is 0 Å². The molecule has 102 valence electrons. The highest BCUT2D eigenvalue weighted by Gasteiger charge is 2.24. The summed E-state index contributed by atoms with van der Waals surface area (Å²) in [6, 6.07) is 0. The van der Waals surface area contributed by atoms with Crippen molar-refractivity contribution in [3.8, 4) is 5.75 Å². The summed E-state index contributed by atoms with van der Waals surface area (Å²) in [5.41, 5.74) is 5.90. The van der Waals surface area contributed by atoms with E-state index in [4.69, 9.17) is 10.5 Å². The van der Waals surface area contributed by atoms with Crippen LogP contribution in [0.3, 0.4) is 0 Å². The molecule has 2 aromatic heterocycles. The van der Waals surface area contributed by atoms with E-state index in [2.05, 4.69) is 18.8 Å². The Hall–Kier alpha value is -1.76. The van der Waals surface area contributed by atoms with Crippen LogP contribution < -0.4 is 15.4 Å². The number of fused-ring (bicyclic) bond motifs is 1. The number of imidazole rings is 1. The van der Waals surface area contributed by atoms with Crippen molar-refractivity contribution in [2.45, 2.75) is 33.0 Å². The van der Waals surface area contributed by atoms with Gasteiger partial charge in [-0.2, -0.15) is 4.37 Å². The lowest BCUT2D eigenvalue weighted by Crippen LogP contribution is -2.33. The first kappa shape index (κ1) is 12.3. The third-order valence-corrected chi connectivity index (χ3v) is 3.95. The maximum Gasteiger partial charge on any atom is 0.198 e. The Balaban J connectivity index is 1.87. The van der Waals surface area contributed by atoms with Gasteiger partial charge in [-0.05, 0) is 25.4 Å². The Morgan fingerprint density at radius 2 is 2.26 bits per heavy atom. The molecule has 0 aromatic carbocycles. The van der Waals surface area contributed by atoms with E-state index in [0.717, 1.165) is 30.5 Å². The molecule has 0 aliphatic carbocycles. The summed E-state index contributed by atoms with van der Waals surface area (Å²) in [6.07, 6.45) is 3.94. The zero-order chi connectivity index (χ0) is 13.4. The van der Waals surface area contributed by atoms with E-state index in [1.54, 1.807) is 0 Å². The Bertz CT molecular complexity index is 576. The molecule has 7 heteroatoms. The van der Waals surface area contributed by atoms with Gasteiger partial charge in [0.1, 0.15) is 5.82 Å². The number of nitrogens with zero attached hydrogens (tertiary/aromatic N) is 4. The maximum atomic E-state index is 5.90. The van der Waals surface area contributed by atoms with Crippen molar-refractivity contribution in [2.24, 2.45) is 0 Å². The highest BCUT2D eigenvalue weighted by molar-refractivity contribution is 7.11. The molecule has 19 heavy (non-hydrogen) atoms. The van der Waals surface area contributed by atoms with Gasteiger partial charge >= 0.3 is 0 Å². The predicted molar refractivity (Wildman–Crippen MR) is 75.6 cm³/mol. The fourth-order valence-electron chi connectivity index (χ4n) is 2.18. The van der Waals surface area contributed by atoms with Crippen LogP contribution in [0.15, 0.2) is 12.4 Å². The van der Waals surface area contributed by atoms with Crippen molar-refractivity contribution < 1.29 is 4.74 Å². The number of aromatic nitrogens is 3. The van der Waals surface area contributed by atoms with Crippen LogP contribution in [0.1, 0.15) is 19.7 Å². The molecule has 0 atom stereocenters. The first-order valence-electron chi connectivity index (χ1n) is 6.32. The average Bonchev–Trinajstić information content (AvgIpc) is 2.96. The molecule has 6 nitrogen and oxygen atoms in total. The molecule has 0 saturated heterocycles. The SMILES string of the molecule is CC(C)Oc1c(N)nsc1N1CCn2ccnc2C1. The molecule has 3 rings (SSSR count). The third kappa shape index (κ3) is 2.25. The quantitative estimate of drug-likeness (QED) is 0.926. The number of anilines is 2. The summed E-state index contributed by atoms with van der Waals surface area (Å²) in [6.45, 7) is 6.59. The predicted octanol–water partition coefficient (Wildman–Crippen LogP) is 1.73. The molecule has 2 aromatic rings. The molecule has 0 radical (unpaired) electrons. The lowest BCUT2D eigenvalue weighted by Gasteiger charge is -2.28. The molecule has 0 unspecified atom stereocenters. The van der Waals surface area contributed by atoms with Crippen LogP contribution in [0, 0.1) is 0 Å². The molecule has 0 amide bonds. The second-order valence-electron chi connectivity index (χ2n) is 4.83. The van der Waals surface area contributed by atoms with Crippen LogP contribution in [0.2, 0.25) is 0 Å². The van der Waals surface area contributed by atoms with E-state index in [9.17, 15) is 0 Å². The van der Waals surface area contributed by atoms with Gasteiger partial charge in [-0.25, -0.2) is 4.98 Å². The van der Waals surface area contributed by atoms with Gasteiger partial charge in [-0.15, -0.1) is 0 Å². The number of nitrogens with two attached hydrogens (primary N) is 1. The molecule has 1 aliphatic heterocycles. The smallest absolute Gasteiger partial charge is 0.198 e. The number of ether oxygens (including phenoxy) is 1. The minimum Gasteiger partial charge on any atom is -0.484 e. The molecule has 2 N–H and O–H groups in total. The van der Waals surface area contributed by atoms with E-state index in [1.165, 1.54) is 11.5 Å². The molecule has 0 saturated carbocycles. The van der Waals surface area contributed by atoms with E-state index in [0.29, 0.717) is 11.6 Å². The van der Waals surface area contributed by atoms with E-state index in [1.807, 2.05) is 26.2 Å². The summed E-state index contributed by atoms with van der Waals surface area (Å²) >= 11 is 1.39. The molecule has 3 heterocycles. The van der Waals surface area contributed by atoms with E-state index in [-0.39, 0.29) is 6.10 Å². The van der Waals surface area contributed by atoms with E-state index < -0.39 is 0 Å². The van der Waals surface area contributed by atoms with Crippen LogP contribution in [0.25, 0.3) is 0 Å². The van der Waals surface area contributed by atoms with Crippen LogP contribution in [0.4, 0.5) is 10.8 Å². The maximum absolute atomic E-state index is 5.90. The third-order valence-electron chi connectivity index (χ3n) is 3.04. The Kier molecular flexibility index (Phi) is 3.06. The summed E-state index contributed by atoms with van der Waals surface area (Å²) in [5.74, 6) is 2.25. The number of hydrogen-bond donors (Lipinski definition) is 1. The zero-order valence-electron chi connectivity index (χ0n) is 11.0. The normalized spacial score (nSPS) is 14.8. The van der Waals surface area contributed by atoms with Gasteiger partial charge in [0.25, 0.3) is 0 Å². The van der Waals surface area contributed by atoms with Crippen molar-refractivity contribution in [1.82, 2.24) is 13.9 Å². The lowest BCUT2D eigenvalue weighted by atomic mass is 10.3. The standard InChI is InChI=1S/C12H17N5OS/c1-8(2)18-10-11(13)15-19-12(10)17-6-5-16-4-3-14-9(16)7-17/h3-4,8H,5-7H2,1-2H3,(H2,13,15). The Labute approximate surface area is 116 Å². The second-order valence-corrected chi connectivity index (χ2v) is 5.58. The molecular formula is C12H17N5OS. The van der Waals surface area contributed by atoms with Crippen molar-refractivity contribution in [2.75, 3.05) is 17.2 Å². The summed E-state index contributed by atoms with van der Waals surface area (Å²) < 4.78 is 12.2. The Morgan fingerprint density at radius 1 is 1.42 bits per heavy atom. The Morgan fingerprint density at radius 3 is 3.05 bits per heavy atom. The topological polar surface area (TPSA) is 69.2 Å². The van der Waals surface area contributed by atoms with Gasteiger partial charge in [0, 0.05) is 25.5 Å². The average molecular weight is 279 g/mol.